The van der Waals surface area contributed by atoms with E-state index in [2.05, 4.69) is 10.5 Å². The minimum Gasteiger partial charge on any atom is -0.351 e. The van der Waals surface area contributed by atoms with Crippen LogP contribution in [0.2, 0.25) is 5.02 Å². The molecule has 1 aromatic heterocycles. The molecule has 1 atom stereocenters. The van der Waals surface area contributed by atoms with Crippen LogP contribution >= 0.6 is 23.8 Å². The number of aryl methyl sites for hydroxylation is 1. The first kappa shape index (κ1) is 22.3. The second-order valence-corrected chi connectivity index (χ2v) is 8.87. The lowest BCUT2D eigenvalue weighted by Crippen LogP contribution is -2.46. The van der Waals surface area contributed by atoms with Gasteiger partial charge in [0.25, 0.3) is 5.89 Å². The van der Waals surface area contributed by atoms with E-state index in [1.807, 2.05) is 67.3 Å². The van der Waals surface area contributed by atoms with Gasteiger partial charge in [-0.2, -0.15) is 4.98 Å². The molecule has 0 radical (unpaired) electrons. The van der Waals surface area contributed by atoms with Gasteiger partial charge < -0.3 is 9.84 Å². The van der Waals surface area contributed by atoms with Gasteiger partial charge >= 0.3 is 0 Å². The molecule has 0 spiro atoms. The number of allylic oxidation sites excluding steroid dienone is 1. The molecular formula is C26H20ClFN4OS. The minimum atomic E-state index is -0.482. The fourth-order valence-corrected chi connectivity index (χ4v) is 4.66. The van der Waals surface area contributed by atoms with Crippen molar-refractivity contribution in [1.29, 1.82) is 0 Å². The summed E-state index contributed by atoms with van der Waals surface area (Å²) in [7, 11) is 0. The van der Waals surface area contributed by atoms with Crippen LogP contribution in [-0.4, -0.2) is 15.3 Å². The van der Waals surface area contributed by atoms with Gasteiger partial charge in [0.2, 0.25) is 5.82 Å². The smallest absolute Gasteiger partial charge is 0.258 e. The molecular weight excluding hydrogens is 471 g/mol. The van der Waals surface area contributed by atoms with Crippen molar-refractivity contribution in [1.82, 2.24) is 15.5 Å². The quantitative estimate of drug-likeness (QED) is 0.321. The second kappa shape index (κ2) is 9.00. The Bertz CT molecular complexity index is 1430. The fraction of sp³-hybridized carbons (Fsp3) is 0.115. The normalized spacial score (nSPS) is 16.1. The molecule has 170 valence electrons. The maximum absolute atomic E-state index is 14.1. The summed E-state index contributed by atoms with van der Waals surface area (Å²) in [5.41, 5.74) is 4.90. The molecule has 2 heterocycles. The van der Waals surface area contributed by atoms with Crippen LogP contribution in [-0.2, 0) is 0 Å². The van der Waals surface area contributed by atoms with E-state index in [1.54, 1.807) is 12.1 Å². The summed E-state index contributed by atoms with van der Waals surface area (Å²) < 4.78 is 19.9. The van der Waals surface area contributed by atoms with Gasteiger partial charge in [0, 0.05) is 22.0 Å². The van der Waals surface area contributed by atoms with Gasteiger partial charge in [0.05, 0.1) is 11.6 Å². The molecule has 3 aromatic carbocycles. The number of benzene rings is 3. The zero-order chi connectivity index (χ0) is 23.8. The van der Waals surface area contributed by atoms with Crippen LogP contribution in [0.1, 0.15) is 30.0 Å². The van der Waals surface area contributed by atoms with Crippen LogP contribution in [0, 0.1) is 12.7 Å². The number of anilines is 1. The van der Waals surface area contributed by atoms with Crippen molar-refractivity contribution in [3.05, 3.63) is 106 Å². The number of hydrogen-bond donors (Lipinski definition) is 1. The number of aromatic nitrogens is 2. The highest BCUT2D eigenvalue weighted by Gasteiger charge is 2.35. The Balaban J connectivity index is 1.67. The average Bonchev–Trinajstić information content (AvgIpc) is 3.28. The molecule has 1 aliphatic heterocycles. The van der Waals surface area contributed by atoms with Gasteiger partial charge in [-0.05, 0) is 68.0 Å². The Labute approximate surface area is 206 Å². The van der Waals surface area contributed by atoms with Crippen molar-refractivity contribution in [3.8, 4) is 11.4 Å². The molecule has 0 amide bonds. The number of hydrogen-bond acceptors (Lipinski definition) is 4. The summed E-state index contributed by atoms with van der Waals surface area (Å²) in [5.74, 6) is 0.454. The lowest BCUT2D eigenvalue weighted by molar-refractivity contribution is 0.404. The number of halogens is 2. The predicted octanol–water partition coefficient (Wildman–Crippen LogP) is 6.70. The minimum absolute atomic E-state index is 0.324. The topological polar surface area (TPSA) is 54.2 Å². The molecule has 8 heteroatoms. The van der Waals surface area contributed by atoms with Gasteiger partial charge in [0.1, 0.15) is 5.82 Å². The molecule has 1 unspecified atom stereocenters. The fourth-order valence-electron chi connectivity index (χ4n) is 4.12. The van der Waals surface area contributed by atoms with Crippen LogP contribution in [0.3, 0.4) is 0 Å². The number of rotatable bonds is 4. The average molecular weight is 491 g/mol. The first-order valence-corrected chi connectivity index (χ1v) is 11.4. The van der Waals surface area contributed by atoms with Crippen molar-refractivity contribution in [2.45, 2.75) is 19.9 Å². The highest BCUT2D eigenvalue weighted by atomic mass is 35.5. The number of nitrogens with zero attached hydrogens (tertiary/aromatic N) is 3. The van der Waals surface area contributed by atoms with E-state index in [0.29, 0.717) is 33.0 Å². The molecule has 34 heavy (non-hydrogen) atoms. The molecule has 5 nitrogen and oxygen atoms in total. The molecule has 1 aliphatic rings. The number of thiocarbonyl (C=S) groups is 1. The molecule has 0 aliphatic carbocycles. The SMILES string of the molecule is CC1=C(c2nc(-c3cccc(C)c3)no2)C(c2cccc(F)c2)NC(=S)N1c1cccc(Cl)c1. The molecule has 0 saturated carbocycles. The monoisotopic (exact) mass is 490 g/mol. The number of nitrogens with one attached hydrogen (secondary N) is 1. The van der Waals surface area contributed by atoms with Crippen LogP contribution in [0.25, 0.3) is 17.0 Å². The van der Waals surface area contributed by atoms with E-state index >= 15 is 0 Å². The highest BCUT2D eigenvalue weighted by molar-refractivity contribution is 7.80. The zero-order valence-corrected chi connectivity index (χ0v) is 20.0. The molecule has 0 bridgehead atoms. The Morgan fingerprint density at radius 1 is 1.03 bits per heavy atom. The highest BCUT2D eigenvalue weighted by Crippen LogP contribution is 2.39. The van der Waals surface area contributed by atoms with Crippen LogP contribution in [0.15, 0.2) is 83.0 Å². The van der Waals surface area contributed by atoms with Gasteiger partial charge in [0.15, 0.2) is 5.11 Å². The summed E-state index contributed by atoms with van der Waals surface area (Å²) >= 11 is 12.0. The molecule has 0 fully saturated rings. The lowest BCUT2D eigenvalue weighted by atomic mass is 9.94. The van der Waals surface area contributed by atoms with Crippen molar-refractivity contribution in [2.24, 2.45) is 0 Å². The summed E-state index contributed by atoms with van der Waals surface area (Å²) in [6, 6.07) is 21.2. The molecule has 0 saturated heterocycles. The second-order valence-electron chi connectivity index (χ2n) is 8.04. The summed E-state index contributed by atoms with van der Waals surface area (Å²) in [6.45, 7) is 3.93. The van der Waals surface area contributed by atoms with E-state index in [-0.39, 0.29) is 5.82 Å². The maximum Gasteiger partial charge on any atom is 0.258 e. The third-order valence-corrected chi connectivity index (χ3v) is 6.20. The van der Waals surface area contributed by atoms with Crippen molar-refractivity contribution in [3.63, 3.8) is 0 Å². The van der Waals surface area contributed by atoms with Gasteiger partial charge in [-0.1, -0.05) is 58.7 Å². The Morgan fingerprint density at radius 2 is 1.82 bits per heavy atom. The van der Waals surface area contributed by atoms with Crippen molar-refractivity contribution < 1.29 is 8.91 Å². The summed E-state index contributed by atoms with van der Waals surface area (Å²) in [4.78, 5) is 6.56. The van der Waals surface area contributed by atoms with E-state index in [1.165, 1.54) is 12.1 Å². The molecule has 4 aromatic rings. The third-order valence-electron chi connectivity index (χ3n) is 5.67. The standard InChI is InChI=1S/C26H20ClFN4OS/c1-15-6-3-8-18(12-15)24-30-25(33-31-24)22-16(2)32(21-11-5-9-19(27)14-21)26(34)29-23(22)17-7-4-10-20(28)13-17/h3-14,23H,1-2H3,(H,29,34). The Hall–Kier alpha value is -3.55. The van der Waals surface area contributed by atoms with Gasteiger partial charge in [-0.25, -0.2) is 4.39 Å². The van der Waals surface area contributed by atoms with Crippen LogP contribution < -0.4 is 10.2 Å². The zero-order valence-electron chi connectivity index (χ0n) is 18.4. The predicted molar refractivity (Wildman–Crippen MR) is 136 cm³/mol. The van der Waals surface area contributed by atoms with Gasteiger partial charge in [-0.15, -0.1) is 0 Å². The van der Waals surface area contributed by atoms with E-state index < -0.39 is 6.04 Å². The van der Waals surface area contributed by atoms with Crippen LogP contribution in [0.4, 0.5) is 10.1 Å². The lowest BCUT2D eigenvalue weighted by Gasteiger charge is -2.37. The maximum atomic E-state index is 14.1. The third kappa shape index (κ3) is 4.20. The molecule has 5 rings (SSSR count). The van der Waals surface area contributed by atoms with Crippen molar-refractivity contribution >= 4 is 40.2 Å². The van der Waals surface area contributed by atoms with Gasteiger partial charge in [-0.3, -0.25) is 4.90 Å². The van der Waals surface area contributed by atoms with E-state index in [4.69, 9.17) is 33.3 Å². The Morgan fingerprint density at radius 3 is 2.59 bits per heavy atom. The Kier molecular flexibility index (Phi) is 5.89. The first-order valence-electron chi connectivity index (χ1n) is 10.6. The summed E-state index contributed by atoms with van der Waals surface area (Å²) in [5, 5.41) is 8.59. The first-order chi connectivity index (χ1) is 16.4. The largest absolute Gasteiger partial charge is 0.351 e. The van der Waals surface area contributed by atoms with E-state index in [9.17, 15) is 4.39 Å². The van der Waals surface area contributed by atoms with Crippen molar-refractivity contribution in [2.75, 3.05) is 4.90 Å². The molecule has 1 N–H and O–H groups in total. The van der Waals surface area contributed by atoms with Crippen LogP contribution in [0.5, 0.6) is 0 Å². The van der Waals surface area contributed by atoms with E-state index in [0.717, 1.165) is 22.5 Å². The summed E-state index contributed by atoms with van der Waals surface area (Å²) in [6.07, 6.45) is 0.